The van der Waals surface area contributed by atoms with Crippen LogP contribution in [-0.2, 0) is 4.79 Å². The maximum Gasteiger partial charge on any atom is 0.240 e. The molecule has 1 aliphatic carbocycles. The Balaban J connectivity index is 2.24. The Bertz CT molecular complexity index is 518. The Labute approximate surface area is 93.0 Å². The molecule has 4 heteroatoms. The lowest BCUT2D eigenvalue weighted by atomic mass is 9.87. The average Bonchev–Trinajstić information content (AvgIpc) is 3.05. The van der Waals surface area contributed by atoms with Crippen molar-refractivity contribution < 1.29 is 9.59 Å². The molecule has 1 heterocycles. The van der Waals surface area contributed by atoms with Crippen molar-refractivity contribution in [3.8, 4) is 0 Å². The molecule has 0 bridgehead atoms. The van der Waals surface area contributed by atoms with Crippen molar-refractivity contribution in [2.45, 2.75) is 12.8 Å². The first-order chi connectivity index (χ1) is 7.56. The number of hydrogen-bond donors (Lipinski definition) is 1. The Hall–Kier alpha value is -1.84. The van der Waals surface area contributed by atoms with Crippen LogP contribution in [0.25, 0.3) is 0 Å². The fourth-order valence-corrected chi connectivity index (χ4v) is 2.38. The van der Waals surface area contributed by atoms with Gasteiger partial charge in [-0.25, -0.2) is 0 Å². The number of ketones is 1. The van der Waals surface area contributed by atoms with Crippen LogP contribution in [0.5, 0.6) is 0 Å². The second-order valence-electron chi connectivity index (χ2n) is 4.55. The zero-order chi connectivity index (χ0) is 11.5. The predicted octanol–water partition coefficient (Wildman–Crippen LogP) is 1.21. The monoisotopic (exact) mass is 216 g/mol. The molecule has 1 amide bonds. The summed E-state index contributed by atoms with van der Waals surface area (Å²) in [6, 6.07) is 5.11. The van der Waals surface area contributed by atoms with Crippen molar-refractivity contribution >= 4 is 23.1 Å². The van der Waals surface area contributed by atoms with Gasteiger partial charge in [0.25, 0.3) is 0 Å². The molecule has 0 atom stereocenters. The second-order valence-corrected chi connectivity index (χ2v) is 4.55. The van der Waals surface area contributed by atoms with Gasteiger partial charge in [0, 0.05) is 18.3 Å². The fraction of sp³-hybridized carbons (Fsp3) is 0.333. The lowest BCUT2D eigenvalue weighted by Gasteiger charge is -2.30. The van der Waals surface area contributed by atoms with Crippen molar-refractivity contribution in [1.29, 1.82) is 0 Å². The standard InChI is InChI=1S/C12H12N2O2/c1-14-9-3-2-7(13)6-8(9)10(15)12(4-5-12)11(14)16/h2-3,6H,4-5,13H2,1H3. The van der Waals surface area contributed by atoms with Crippen molar-refractivity contribution in [1.82, 2.24) is 0 Å². The Morgan fingerprint density at radius 3 is 2.62 bits per heavy atom. The van der Waals surface area contributed by atoms with Crippen LogP contribution >= 0.6 is 0 Å². The highest BCUT2D eigenvalue weighted by molar-refractivity contribution is 6.26. The second kappa shape index (κ2) is 2.64. The van der Waals surface area contributed by atoms with E-state index in [1.165, 1.54) is 0 Å². The zero-order valence-electron chi connectivity index (χ0n) is 8.99. The van der Waals surface area contributed by atoms with Gasteiger partial charge < -0.3 is 10.6 Å². The van der Waals surface area contributed by atoms with E-state index in [1.54, 1.807) is 30.1 Å². The van der Waals surface area contributed by atoms with E-state index in [4.69, 9.17) is 5.73 Å². The maximum atomic E-state index is 12.2. The zero-order valence-corrected chi connectivity index (χ0v) is 8.99. The number of benzene rings is 1. The lowest BCUT2D eigenvalue weighted by molar-refractivity contribution is -0.122. The summed E-state index contributed by atoms with van der Waals surface area (Å²) in [6.07, 6.45) is 1.34. The number of fused-ring (bicyclic) bond motifs is 1. The van der Waals surface area contributed by atoms with Crippen LogP contribution in [0.15, 0.2) is 18.2 Å². The summed E-state index contributed by atoms with van der Waals surface area (Å²) in [4.78, 5) is 25.8. The van der Waals surface area contributed by atoms with E-state index in [0.717, 1.165) is 0 Å². The van der Waals surface area contributed by atoms with Crippen molar-refractivity contribution in [3.05, 3.63) is 23.8 Å². The highest BCUT2D eigenvalue weighted by atomic mass is 16.2. The summed E-state index contributed by atoms with van der Waals surface area (Å²) >= 11 is 0. The van der Waals surface area contributed by atoms with Crippen LogP contribution in [-0.4, -0.2) is 18.7 Å². The Kier molecular flexibility index (Phi) is 1.55. The van der Waals surface area contributed by atoms with Crippen LogP contribution in [0.1, 0.15) is 23.2 Å². The molecule has 1 saturated carbocycles. The molecular weight excluding hydrogens is 204 g/mol. The first-order valence-corrected chi connectivity index (χ1v) is 5.29. The predicted molar refractivity (Wildman–Crippen MR) is 60.3 cm³/mol. The minimum Gasteiger partial charge on any atom is -0.399 e. The number of Topliss-reactive ketones (excluding diaryl/α,β-unsaturated/α-hetero) is 1. The molecule has 0 radical (unpaired) electrons. The SMILES string of the molecule is CN1C(=O)C2(CC2)C(=O)c2cc(N)ccc21. The van der Waals surface area contributed by atoms with Gasteiger partial charge in [0.15, 0.2) is 5.78 Å². The van der Waals surface area contributed by atoms with E-state index in [-0.39, 0.29) is 11.7 Å². The number of anilines is 2. The lowest BCUT2D eigenvalue weighted by Crippen LogP contribution is -2.43. The van der Waals surface area contributed by atoms with Gasteiger partial charge in [-0.3, -0.25) is 9.59 Å². The topological polar surface area (TPSA) is 63.4 Å². The maximum absolute atomic E-state index is 12.2. The van der Waals surface area contributed by atoms with E-state index in [2.05, 4.69) is 0 Å². The third-order valence-electron chi connectivity index (χ3n) is 3.53. The summed E-state index contributed by atoms with van der Waals surface area (Å²) < 4.78 is 0. The van der Waals surface area contributed by atoms with Crippen LogP contribution in [0.4, 0.5) is 11.4 Å². The molecule has 1 aromatic rings. The first kappa shape index (κ1) is 9.39. The fourth-order valence-electron chi connectivity index (χ4n) is 2.38. The van der Waals surface area contributed by atoms with E-state index in [0.29, 0.717) is 29.8 Å². The molecule has 1 spiro atoms. The summed E-state index contributed by atoms with van der Waals surface area (Å²) in [5.41, 5.74) is 6.74. The number of nitrogens with two attached hydrogens (primary N) is 1. The number of carbonyl (C=O) groups excluding carboxylic acids is 2. The molecule has 2 N–H and O–H groups in total. The van der Waals surface area contributed by atoms with Gasteiger partial charge in [0.1, 0.15) is 5.41 Å². The number of amides is 1. The van der Waals surface area contributed by atoms with Gasteiger partial charge in [0.05, 0.1) is 5.69 Å². The summed E-state index contributed by atoms with van der Waals surface area (Å²) in [6.45, 7) is 0. The van der Waals surface area contributed by atoms with E-state index in [1.807, 2.05) is 0 Å². The molecular formula is C12H12N2O2. The molecule has 16 heavy (non-hydrogen) atoms. The molecule has 82 valence electrons. The minimum absolute atomic E-state index is 0.0575. The first-order valence-electron chi connectivity index (χ1n) is 5.29. The van der Waals surface area contributed by atoms with Crippen LogP contribution in [0.3, 0.4) is 0 Å². The highest BCUT2D eigenvalue weighted by Crippen LogP contribution is 2.53. The van der Waals surface area contributed by atoms with Gasteiger partial charge in [0.2, 0.25) is 5.91 Å². The van der Waals surface area contributed by atoms with Crippen molar-refractivity contribution in [2.75, 3.05) is 17.7 Å². The summed E-state index contributed by atoms with van der Waals surface area (Å²) in [7, 11) is 1.71. The summed E-state index contributed by atoms with van der Waals surface area (Å²) in [5, 5.41) is 0. The van der Waals surface area contributed by atoms with Crippen LogP contribution < -0.4 is 10.6 Å². The number of hydrogen-bond acceptors (Lipinski definition) is 3. The van der Waals surface area contributed by atoms with Gasteiger partial charge in [-0.2, -0.15) is 0 Å². The van der Waals surface area contributed by atoms with Gasteiger partial charge >= 0.3 is 0 Å². The molecule has 4 nitrogen and oxygen atoms in total. The molecule has 0 aromatic heterocycles. The number of nitrogens with zero attached hydrogens (tertiary/aromatic N) is 1. The van der Waals surface area contributed by atoms with Crippen LogP contribution in [0.2, 0.25) is 0 Å². The molecule has 0 saturated heterocycles. The van der Waals surface area contributed by atoms with Gasteiger partial charge in [-0.05, 0) is 31.0 Å². The van der Waals surface area contributed by atoms with Gasteiger partial charge in [-0.1, -0.05) is 0 Å². The van der Waals surface area contributed by atoms with E-state index >= 15 is 0 Å². The summed E-state index contributed by atoms with van der Waals surface area (Å²) in [5.74, 6) is -0.132. The van der Waals surface area contributed by atoms with Crippen molar-refractivity contribution in [3.63, 3.8) is 0 Å². The Morgan fingerprint density at radius 2 is 2.00 bits per heavy atom. The molecule has 0 unspecified atom stereocenters. The smallest absolute Gasteiger partial charge is 0.240 e. The molecule has 1 aromatic carbocycles. The highest BCUT2D eigenvalue weighted by Gasteiger charge is 2.60. The average molecular weight is 216 g/mol. The number of carbonyl (C=O) groups is 2. The molecule has 1 aliphatic heterocycles. The third-order valence-corrected chi connectivity index (χ3v) is 3.53. The molecule has 2 aliphatic rings. The number of nitrogen functional groups attached to an aromatic ring is 1. The van der Waals surface area contributed by atoms with Gasteiger partial charge in [-0.15, -0.1) is 0 Å². The van der Waals surface area contributed by atoms with E-state index in [9.17, 15) is 9.59 Å². The minimum atomic E-state index is -0.754. The number of rotatable bonds is 0. The largest absolute Gasteiger partial charge is 0.399 e. The van der Waals surface area contributed by atoms with Crippen molar-refractivity contribution in [2.24, 2.45) is 5.41 Å². The van der Waals surface area contributed by atoms with E-state index < -0.39 is 5.41 Å². The van der Waals surface area contributed by atoms with Crippen LogP contribution in [0, 0.1) is 5.41 Å². The molecule has 1 fully saturated rings. The quantitative estimate of drug-likeness (QED) is 0.523. The Morgan fingerprint density at radius 1 is 1.31 bits per heavy atom. The third kappa shape index (κ3) is 0.939. The molecule has 3 rings (SSSR count). The normalized spacial score (nSPS) is 21.2.